The SMILES string of the molecule is COC(=O)[C@@H]1C[C@](C#N)(c2cccc(OC)c2)CCC1=O. The van der Waals surface area contributed by atoms with Gasteiger partial charge in [0.05, 0.1) is 25.7 Å². The quantitative estimate of drug-likeness (QED) is 0.627. The van der Waals surface area contributed by atoms with Gasteiger partial charge in [0.25, 0.3) is 0 Å². The first-order valence-corrected chi connectivity index (χ1v) is 6.72. The van der Waals surface area contributed by atoms with Gasteiger partial charge < -0.3 is 9.47 Å². The minimum atomic E-state index is -0.866. The normalized spacial score (nSPS) is 25.0. The molecule has 0 aromatic heterocycles. The van der Waals surface area contributed by atoms with E-state index in [0.29, 0.717) is 12.2 Å². The van der Waals surface area contributed by atoms with Crippen molar-refractivity contribution >= 4 is 11.8 Å². The fourth-order valence-corrected chi connectivity index (χ4v) is 2.78. The topological polar surface area (TPSA) is 76.4 Å². The first kappa shape index (κ1) is 15.0. The van der Waals surface area contributed by atoms with Crippen molar-refractivity contribution in [2.75, 3.05) is 14.2 Å². The predicted molar refractivity (Wildman–Crippen MR) is 74.6 cm³/mol. The van der Waals surface area contributed by atoms with Crippen LogP contribution in [-0.4, -0.2) is 26.0 Å². The summed E-state index contributed by atoms with van der Waals surface area (Å²) in [6.07, 6.45) is 0.760. The van der Waals surface area contributed by atoms with E-state index in [1.54, 1.807) is 25.3 Å². The number of hydrogen-bond acceptors (Lipinski definition) is 5. The summed E-state index contributed by atoms with van der Waals surface area (Å²) >= 11 is 0. The number of carbonyl (C=O) groups excluding carboxylic acids is 2. The molecule has 110 valence electrons. The number of rotatable bonds is 3. The summed E-state index contributed by atoms with van der Waals surface area (Å²) in [7, 11) is 2.81. The maximum absolute atomic E-state index is 11.9. The van der Waals surface area contributed by atoms with Crippen molar-refractivity contribution in [3.05, 3.63) is 29.8 Å². The smallest absolute Gasteiger partial charge is 0.316 e. The van der Waals surface area contributed by atoms with Crippen LogP contribution in [0.5, 0.6) is 5.75 Å². The fourth-order valence-electron chi connectivity index (χ4n) is 2.78. The largest absolute Gasteiger partial charge is 0.497 e. The summed E-state index contributed by atoms with van der Waals surface area (Å²) < 4.78 is 9.87. The van der Waals surface area contributed by atoms with Crippen LogP contribution in [0.1, 0.15) is 24.8 Å². The highest BCUT2D eigenvalue weighted by atomic mass is 16.5. The molecule has 0 radical (unpaired) electrons. The molecule has 1 saturated carbocycles. The van der Waals surface area contributed by atoms with Crippen LogP contribution < -0.4 is 4.74 Å². The van der Waals surface area contributed by atoms with Gasteiger partial charge in [-0.15, -0.1) is 0 Å². The third kappa shape index (κ3) is 2.75. The van der Waals surface area contributed by atoms with E-state index in [2.05, 4.69) is 10.8 Å². The van der Waals surface area contributed by atoms with Crippen LogP contribution in [0.25, 0.3) is 0 Å². The second kappa shape index (κ2) is 5.96. The summed E-state index contributed by atoms with van der Waals surface area (Å²) in [5.41, 5.74) is -0.0906. The van der Waals surface area contributed by atoms with Crippen molar-refractivity contribution < 1.29 is 19.1 Å². The molecule has 0 bridgehead atoms. The first-order chi connectivity index (χ1) is 10.1. The van der Waals surface area contributed by atoms with Crippen molar-refractivity contribution in [1.29, 1.82) is 5.26 Å². The lowest BCUT2D eigenvalue weighted by atomic mass is 9.66. The van der Waals surface area contributed by atoms with Crippen LogP contribution in [0, 0.1) is 17.2 Å². The Kier molecular flexibility index (Phi) is 4.27. The summed E-state index contributed by atoms with van der Waals surface area (Å²) in [5, 5.41) is 9.66. The lowest BCUT2D eigenvalue weighted by molar-refractivity contribution is -0.151. The Bertz CT molecular complexity index is 597. The molecule has 1 aliphatic rings. The average molecular weight is 287 g/mol. The van der Waals surface area contributed by atoms with Crippen LogP contribution in [0.3, 0.4) is 0 Å². The zero-order valence-corrected chi connectivity index (χ0v) is 12.1. The Balaban J connectivity index is 2.39. The van der Waals surface area contributed by atoms with Gasteiger partial charge in [0.15, 0.2) is 0 Å². The average Bonchev–Trinajstić information content (AvgIpc) is 2.55. The third-order valence-corrected chi connectivity index (χ3v) is 4.06. The molecule has 0 unspecified atom stereocenters. The van der Waals surface area contributed by atoms with E-state index in [-0.39, 0.29) is 18.6 Å². The molecule has 0 N–H and O–H groups in total. The van der Waals surface area contributed by atoms with E-state index in [4.69, 9.17) is 4.74 Å². The number of ether oxygens (including phenoxy) is 2. The molecule has 2 atom stereocenters. The molecular weight excluding hydrogens is 270 g/mol. The van der Waals surface area contributed by atoms with E-state index in [9.17, 15) is 14.9 Å². The molecule has 5 heteroatoms. The molecule has 0 saturated heterocycles. The Hall–Kier alpha value is -2.35. The van der Waals surface area contributed by atoms with E-state index in [0.717, 1.165) is 5.56 Å². The Labute approximate surface area is 123 Å². The lowest BCUT2D eigenvalue weighted by Crippen LogP contribution is -2.40. The molecule has 1 aromatic rings. The number of Topliss-reactive ketones (excluding diaryl/α,β-unsaturated/α-hetero) is 1. The van der Waals surface area contributed by atoms with Crippen molar-refractivity contribution in [1.82, 2.24) is 0 Å². The van der Waals surface area contributed by atoms with Gasteiger partial charge in [-0.05, 0) is 30.5 Å². The molecule has 0 spiro atoms. The number of carbonyl (C=O) groups is 2. The summed E-state index contributed by atoms with van der Waals surface area (Å²) in [5.74, 6) is -0.943. The van der Waals surface area contributed by atoms with Crippen LogP contribution >= 0.6 is 0 Å². The van der Waals surface area contributed by atoms with Crippen LogP contribution in [-0.2, 0) is 19.7 Å². The molecule has 21 heavy (non-hydrogen) atoms. The summed E-state index contributed by atoms with van der Waals surface area (Å²) in [6.45, 7) is 0. The van der Waals surface area contributed by atoms with E-state index in [1.807, 2.05) is 6.07 Å². The highest BCUT2D eigenvalue weighted by molar-refractivity contribution is 6.00. The van der Waals surface area contributed by atoms with Crippen molar-refractivity contribution in [3.63, 3.8) is 0 Å². The molecule has 1 aliphatic carbocycles. The van der Waals surface area contributed by atoms with Gasteiger partial charge >= 0.3 is 5.97 Å². The molecule has 2 rings (SSSR count). The molecule has 0 amide bonds. The van der Waals surface area contributed by atoms with E-state index < -0.39 is 17.3 Å². The fraction of sp³-hybridized carbons (Fsp3) is 0.438. The monoisotopic (exact) mass is 287 g/mol. The number of methoxy groups -OCH3 is 2. The zero-order chi connectivity index (χ0) is 15.5. The molecule has 0 heterocycles. The Morgan fingerprint density at radius 3 is 2.81 bits per heavy atom. The zero-order valence-electron chi connectivity index (χ0n) is 12.1. The second-order valence-corrected chi connectivity index (χ2v) is 5.17. The molecule has 1 fully saturated rings. The second-order valence-electron chi connectivity index (χ2n) is 5.17. The molecular formula is C16H17NO4. The molecule has 0 aliphatic heterocycles. The maximum Gasteiger partial charge on any atom is 0.316 e. The van der Waals surface area contributed by atoms with Crippen molar-refractivity contribution in [2.45, 2.75) is 24.7 Å². The number of esters is 1. The van der Waals surface area contributed by atoms with Gasteiger partial charge in [-0.3, -0.25) is 9.59 Å². The molecule has 1 aromatic carbocycles. The predicted octanol–water partition coefficient (Wildman–Crippen LogP) is 2.00. The van der Waals surface area contributed by atoms with E-state index >= 15 is 0 Å². The number of hydrogen-bond donors (Lipinski definition) is 0. The number of nitriles is 1. The van der Waals surface area contributed by atoms with Gasteiger partial charge in [-0.2, -0.15) is 5.26 Å². The minimum Gasteiger partial charge on any atom is -0.497 e. The highest BCUT2D eigenvalue weighted by Gasteiger charge is 2.45. The van der Waals surface area contributed by atoms with Gasteiger partial charge in [0, 0.05) is 6.42 Å². The maximum atomic E-state index is 11.9. The van der Waals surface area contributed by atoms with Crippen LogP contribution in [0.4, 0.5) is 0 Å². The lowest BCUT2D eigenvalue weighted by Gasteiger charge is -2.34. The van der Waals surface area contributed by atoms with Gasteiger partial charge in [-0.1, -0.05) is 12.1 Å². The minimum absolute atomic E-state index is 0.155. The highest BCUT2D eigenvalue weighted by Crippen LogP contribution is 2.41. The van der Waals surface area contributed by atoms with Crippen molar-refractivity contribution in [3.8, 4) is 11.8 Å². The summed E-state index contributed by atoms with van der Waals surface area (Å²) in [6, 6.07) is 9.51. The number of benzene rings is 1. The molecule has 5 nitrogen and oxygen atoms in total. The van der Waals surface area contributed by atoms with Gasteiger partial charge in [-0.25, -0.2) is 0 Å². The third-order valence-electron chi connectivity index (χ3n) is 4.06. The Morgan fingerprint density at radius 1 is 1.43 bits per heavy atom. The van der Waals surface area contributed by atoms with Crippen LogP contribution in [0.15, 0.2) is 24.3 Å². The van der Waals surface area contributed by atoms with Gasteiger partial charge in [0.2, 0.25) is 0 Å². The Morgan fingerprint density at radius 2 is 2.19 bits per heavy atom. The number of ketones is 1. The summed E-state index contributed by atoms with van der Waals surface area (Å²) in [4.78, 5) is 23.7. The number of nitrogens with zero attached hydrogens (tertiary/aromatic N) is 1. The van der Waals surface area contributed by atoms with E-state index in [1.165, 1.54) is 7.11 Å². The van der Waals surface area contributed by atoms with Crippen molar-refractivity contribution in [2.24, 2.45) is 5.92 Å². The first-order valence-electron chi connectivity index (χ1n) is 6.72. The van der Waals surface area contributed by atoms with Gasteiger partial charge in [0.1, 0.15) is 17.5 Å². The standard InChI is InChI=1S/C16H17NO4/c1-20-12-5-3-4-11(8-12)16(10-17)7-6-14(18)13(9-16)15(19)21-2/h3-5,8,13H,6-7,9H2,1-2H3/t13-,16-/m1/s1. The van der Waals surface area contributed by atoms with Crippen LogP contribution in [0.2, 0.25) is 0 Å².